The van der Waals surface area contributed by atoms with Crippen LogP contribution in [-0.4, -0.2) is 4.37 Å². The average molecular weight is 219 g/mol. The van der Waals surface area contributed by atoms with Crippen LogP contribution in [0.1, 0.15) is 31.9 Å². The Morgan fingerprint density at radius 1 is 1.27 bits per heavy atom. The fourth-order valence-corrected chi connectivity index (χ4v) is 2.63. The van der Waals surface area contributed by atoms with E-state index in [2.05, 4.69) is 44.2 Å². The molecule has 1 aromatic carbocycles. The molecule has 0 N–H and O–H groups in total. The highest BCUT2D eigenvalue weighted by Gasteiger charge is 2.14. The van der Waals surface area contributed by atoms with Crippen molar-refractivity contribution in [2.24, 2.45) is 5.41 Å². The first-order valence-corrected chi connectivity index (χ1v) is 6.07. The van der Waals surface area contributed by atoms with Crippen LogP contribution < -0.4 is 0 Å². The minimum absolute atomic E-state index is 0.337. The number of hydrogen-bond acceptors (Lipinski definition) is 2. The molecule has 80 valence electrons. The third kappa shape index (κ3) is 2.20. The average Bonchev–Trinajstić information content (AvgIpc) is 2.57. The van der Waals surface area contributed by atoms with E-state index < -0.39 is 0 Å². The smallest absolute Gasteiger partial charge is 0.0581 e. The largest absolute Gasteiger partial charge is 0.200 e. The molecule has 0 saturated carbocycles. The van der Waals surface area contributed by atoms with Crippen LogP contribution in [0.15, 0.2) is 18.3 Å². The summed E-state index contributed by atoms with van der Waals surface area (Å²) in [4.78, 5) is 0. The molecule has 0 radical (unpaired) electrons. The van der Waals surface area contributed by atoms with E-state index in [-0.39, 0.29) is 0 Å². The lowest BCUT2D eigenvalue weighted by Gasteiger charge is -2.18. The third-order valence-corrected chi connectivity index (χ3v) is 3.47. The van der Waals surface area contributed by atoms with Gasteiger partial charge in [-0.2, -0.15) is 4.37 Å². The summed E-state index contributed by atoms with van der Waals surface area (Å²) in [5.41, 5.74) is 3.10. The summed E-state index contributed by atoms with van der Waals surface area (Å²) < 4.78 is 5.64. The molecule has 1 aromatic heterocycles. The highest BCUT2D eigenvalue weighted by molar-refractivity contribution is 7.13. The van der Waals surface area contributed by atoms with Crippen molar-refractivity contribution in [3.8, 4) is 0 Å². The first-order chi connectivity index (χ1) is 6.97. The molecular formula is C13H17NS. The Hall–Kier alpha value is -0.890. The molecule has 0 unspecified atom stereocenters. The normalized spacial score (nSPS) is 12.3. The molecule has 0 amide bonds. The van der Waals surface area contributed by atoms with Gasteiger partial charge >= 0.3 is 0 Å². The van der Waals surface area contributed by atoms with E-state index in [9.17, 15) is 0 Å². The van der Waals surface area contributed by atoms with Crippen molar-refractivity contribution in [3.05, 3.63) is 29.5 Å². The summed E-state index contributed by atoms with van der Waals surface area (Å²) in [6.45, 7) is 8.98. The summed E-state index contributed by atoms with van der Waals surface area (Å²) >= 11 is 1.60. The number of aromatic nitrogens is 1. The second kappa shape index (κ2) is 3.60. The van der Waals surface area contributed by atoms with Gasteiger partial charge in [0, 0.05) is 11.6 Å². The molecule has 0 atom stereocenters. The second-order valence-electron chi connectivity index (χ2n) is 5.35. The summed E-state index contributed by atoms with van der Waals surface area (Å²) in [6, 6.07) is 4.46. The van der Waals surface area contributed by atoms with Gasteiger partial charge in [-0.1, -0.05) is 32.9 Å². The van der Waals surface area contributed by atoms with Gasteiger partial charge < -0.3 is 0 Å². The van der Waals surface area contributed by atoms with Crippen molar-refractivity contribution in [3.63, 3.8) is 0 Å². The third-order valence-electron chi connectivity index (χ3n) is 2.53. The molecule has 0 fully saturated rings. The second-order valence-corrected chi connectivity index (χ2v) is 6.15. The van der Waals surface area contributed by atoms with Gasteiger partial charge in [-0.05, 0) is 41.4 Å². The fourth-order valence-electron chi connectivity index (χ4n) is 1.87. The lowest BCUT2D eigenvalue weighted by atomic mass is 9.87. The lowest BCUT2D eigenvalue weighted by molar-refractivity contribution is 0.412. The van der Waals surface area contributed by atoms with E-state index in [1.165, 1.54) is 21.2 Å². The van der Waals surface area contributed by atoms with E-state index in [0.29, 0.717) is 5.41 Å². The van der Waals surface area contributed by atoms with Gasteiger partial charge in [-0.15, -0.1) is 0 Å². The van der Waals surface area contributed by atoms with Crippen molar-refractivity contribution in [2.45, 2.75) is 34.1 Å². The van der Waals surface area contributed by atoms with E-state index >= 15 is 0 Å². The first kappa shape index (κ1) is 10.6. The zero-order chi connectivity index (χ0) is 11.1. The van der Waals surface area contributed by atoms with Crippen LogP contribution >= 0.6 is 11.5 Å². The zero-order valence-corrected chi connectivity index (χ0v) is 10.6. The highest BCUT2D eigenvalue weighted by atomic mass is 32.1. The Kier molecular flexibility index (Phi) is 2.55. The molecule has 0 aliphatic rings. The monoisotopic (exact) mass is 219 g/mol. The Morgan fingerprint density at radius 3 is 2.67 bits per heavy atom. The van der Waals surface area contributed by atoms with Gasteiger partial charge in [0.1, 0.15) is 0 Å². The van der Waals surface area contributed by atoms with Crippen molar-refractivity contribution in [1.82, 2.24) is 4.37 Å². The molecular weight excluding hydrogens is 202 g/mol. The Balaban J connectivity index is 2.53. The molecule has 0 aliphatic heterocycles. The maximum atomic E-state index is 4.29. The van der Waals surface area contributed by atoms with Gasteiger partial charge in [0.25, 0.3) is 0 Å². The van der Waals surface area contributed by atoms with E-state index in [1.807, 2.05) is 6.20 Å². The molecule has 0 saturated heterocycles. The topological polar surface area (TPSA) is 12.9 Å². The van der Waals surface area contributed by atoms with E-state index in [1.54, 1.807) is 11.5 Å². The predicted molar refractivity (Wildman–Crippen MR) is 67.5 cm³/mol. The molecule has 0 spiro atoms. The van der Waals surface area contributed by atoms with Crippen molar-refractivity contribution in [1.29, 1.82) is 0 Å². The van der Waals surface area contributed by atoms with Crippen LogP contribution in [-0.2, 0) is 6.42 Å². The van der Waals surface area contributed by atoms with E-state index in [0.717, 1.165) is 6.42 Å². The summed E-state index contributed by atoms with van der Waals surface area (Å²) in [5.74, 6) is 0. The van der Waals surface area contributed by atoms with E-state index in [4.69, 9.17) is 0 Å². The summed E-state index contributed by atoms with van der Waals surface area (Å²) in [5, 5.41) is 1.34. The van der Waals surface area contributed by atoms with Crippen molar-refractivity contribution < 1.29 is 0 Å². The van der Waals surface area contributed by atoms with Crippen molar-refractivity contribution >= 4 is 21.6 Å². The van der Waals surface area contributed by atoms with Crippen LogP contribution in [0, 0.1) is 12.3 Å². The van der Waals surface area contributed by atoms with Gasteiger partial charge in [-0.3, -0.25) is 0 Å². The van der Waals surface area contributed by atoms with Crippen LogP contribution in [0.5, 0.6) is 0 Å². The number of nitrogens with zero attached hydrogens (tertiary/aromatic N) is 1. The maximum absolute atomic E-state index is 4.29. The van der Waals surface area contributed by atoms with Gasteiger partial charge in [0.05, 0.1) is 4.70 Å². The SMILES string of the molecule is Cc1ccc(CC(C)(C)C)c2cnsc12. The van der Waals surface area contributed by atoms with Gasteiger partial charge in [-0.25, -0.2) is 0 Å². The molecule has 2 rings (SSSR count). The molecule has 0 aliphatic carbocycles. The zero-order valence-electron chi connectivity index (χ0n) is 9.79. The fraction of sp³-hybridized carbons (Fsp3) is 0.462. The van der Waals surface area contributed by atoms with Crippen LogP contribution in [0.25, 0.3) is 10.1 Å². The number of benzene rings is 1. The van der Waals surface area contributed by atoms with Crippen LogP contribution in [0.4, 0.5) is 0 Å². The minimum atomic E-state index is 0.337. The summed E-state index contributed by atoms with van der Waals surface area (Å²) in [6.07, 6.45) is 3.12. The molecule has 1 nitrogen and oxygen atoms in total. The number of hydrogen-bond donors (Lipinski definition) is 0. The minimum Gasteiger partial charge on any atom is -0.200 e. The van der Waals surface area contributed by atoms with Crippen molar-refractivity contribution in [2.75, 3.05) is 0 Å². The van der Waals surface area contributed by atoms with Gasteiger partial charge in [0.15, 0.2) is 0 Å². The number of rotatable bonds is 1. The van der Waals surface area contributed by atoms with Gasteiger partial charge in [0.2, 0.25) is 0 Å². The molecule has 2 aromatic rings. The highest BCUT2D eigenvalue weighted by Crippen LogP contribution is 2.30. The molecule has 2 heteroatoms. The molecule has 1 heterocycles. The van der Waals surface area contributed by atoms with Crippen LogP contribution in [0.3, 0.4) is 0 Å². The Labute approximate surface area is 95.3 Å². The Bertz CT molecular complexity index is 477. The number of aryl methyl sites for hydroxylation is 1. The molecule has 0 bridgehead atoms. The first-order valence-electron chi connectivity index (χ1n) is 5.30. The quantitative estimate of drug-likeness (QED) is 0.700. The predicted octanol–water partition coefficient (Wildman–Crippen LogP) is 4.19. The summed E-state index contributed by atoms with van der Waals surface area (Å²) in [7, 11) is 0. The van der Waals surface area contributed by atoms with Crippen LogP contribution in [0.2, 0.25) is 0 Å². The number of fused-ring (bicyclic) bond motifs is 1. The maximum Gasteiger partial charge on any atom is 0.0581 e. The molecule has 15 heavy (non-hydrogen) atoms. The standard InChI is InChI=1S/C13H17NS/c1-9-5-6-10(7-13(2,3)4)11-8-14-15-12(9)11/h5-6,8H,7H2,1-4H3. The Morgan fingerprint density at radius 2 is 2.00 bits per heavy atom. The lowest BCUT2D eigenvalue weighted by Crippen LogP contribution is -2.09.